The van der Waals surface area contributed by atoms with Gasteiger partial charge in [0.1, 0.15) is 17.2 Å². The summed E-state index contributed by atoms with van der Waals surface area (Å²) in [4.78, 5) is 13.9. The predicted octanol–water partition coefficient (Wildman–Crippen LogP) is 1.57. The lowest BCUT2D eigenvalue weighted by Crippen LogP contribution is -2.28. The van der Waals surface area contributed by atoms with Crippen LogP contribution in [0.4, 0.5) is 0 Å². The molecule has 0 radical (unpaired) electrons. The first-order valence-electron chi connectivity index (χ1n) is 4.48. The molecule has 2 N–H and O–H groups in total. The summed E-state index contributed by atoms with van der Waals surface area (Å²) in [6.07, 6.45) is 3.99. The van der Waals surface area contributed by atoms with Gasteiger partial charge in [0.2, 0.25) is 4.91 Å². The number of hydrogen-bond donors (Lipinski definition) is 2. The molecular weight excluding hydrogens is 170 g/mol. The highest BCUT2D eigenvalue weighted by Gasteiger charge is 2.40. The van der Waals surface area contributed by atoms with Crippen molar-refractivity contribution in [2.45, 2.75) is 32.1 Å². The summed E-state index contributed by atoms with van der Waals surface area (Å²) in [6, 6.07) is 0. The average molecular weight is 184 g/mol. The Hall–Kier alpha value is -1.22. The van der Waals surface area contributed by atoms with E-state index < -0.39 is 11.4 Å². The van der Waals surface area contributed by atoms with Crippen LogP contribution in [0.5, 0.6) is 0 Å². The summed E-state index contributed by atoms with van der Waals surface area (Å²) in [7, 11) is 0. The number of carboxylic acid groups (broad SMARTS) is 1. The van der Waals surface area contributed by atoms with E-state index in [0.717, 1.165) is 25.7 Å². The van der Waals surface area contributed by atoms with Gasteiger partial charge in [-0.3, -0.25) is 4.79 Å². The third-order valence-corrected chi connectivity index (χ3v) is 2.78. The molecule has 1 fully saturated rings. The molecule has 1 aliphatic rings. The van der Waals surface area contributed by atoms with Crippen LogP contribution in [0.3, 0.4) is 0 Å². The van der Waals surface area contributed by atoms with E-state index in [2.05, 4.69) is 10.0 Å². The van der Waals surface area contributed by atoms with Gasteiger partial charge in [0.15, 0.2) is 0 Å². The Morgan fingerprint density at radius 2 is 2.15 bits per heavy atom. The van der Waals surface area contributed by atoms with Crippen molar-refractivity contribution in [3.63, 3.8) is 0 Å². The second-order valence-electron chi connectivity index (χ2n) is 3.51. The van der Waals surface area contributed by atoms with Crippen molar-refractivity contribution < 1.29 is 9.90 Å². The maximum atomic E-state index is 11.0. The highest BCUT2D eigenvalue weighted by atomic mass is 16.4. The molecule has 13 heavy (non-hydrogen) atoms. The third-order valence-electron chi connectivity index (χ3n) is 2.78. The van der Waals surface area contributed by atoms with Gasteiger partial charge in [-0.05, 0) is 19.3 Å². The van der Waals surface area contributed by atoms with Crippen molar-refractivity contribution >= 4 is 5.97 Å². The molecule has 0 atom stereocenters. The van der Waals surface area contributed by atoms with E-state index in [4.69, 9.17) is 10.6 Å². The quantitative estimate of drug-likeness (QED) is 0.513. The SMILES string of the molecule is N=[N+]=NCCC1(C(=O)O)CCCC1. The fraction of sp³-hybridized carbons (Fsp3) is 0.875. The maximum absolute atomic E-state index is 11.0. The number of hydrogen-bond acceptors (Lipinski definition) is 3. The monoisotopic (exact) mass is 184 g/mol. The summed E-state index contributed by atoms with van der Waals surface area (Å²) in [5, 5.41) is 12.5. The second-order valence-corrected chi connectivity index (χ2v) is 3.51. The Bertz CT molecular complexity index is 240. The third kappa shape index (κ3) is 2.12. The molecule has 0 aliphatic heterocycles. The van der Waals surface area contributed by atoms with Crippen molar-refractivity contribution in [1.29, 1.82) is 5.53 Å². The predicted molar refractivity (Wildman–Crippen MR) is 45.3 cm³/mol. The van der Waals surface area contributed by atoms with E-state index in [-0.39, 0.29) is 0 Å². The van der Waals surface area contributed by atoms with Crippen molar-refractivity contribution in [2.24, 2.45) is 10.5 Å². The van der Waals surface area contributed by atoms with Crippen LogP contribution in [-0.4, -0.2) is 17.6 Å². The Balaban J connectivity index is 2.57. The Kier molecular flexibility index (Phi) is 3.14. The fourth-order valence-electron chi connectivity index (χ4n) is 1.94. The van der Waals surface area contributed by atoms with E-state index in [1.54, 1.807) is 0 Å². The van der Waals surface area contributed by atoms with Gasteiger partial charge in [0, 0.05) is 0 Å². The van der Waals surface area contributed by atoms with E-state index in [1.807, 2.05) is 0 Å². The van der Waals surface area contributed by atoms with Crippen LogP contribution < -0.4 is 4.91 Å². The molecule has 0 heterocycles. The van der Waals surface area contributed by atoms with Gasteiger partial charge in [-0.1, -0.05) is 12.8 Å². The number of aliphatic carboxylic acids is 1. The van der Waals surface area contributed by atoms with Gasteiger partial charge in [0.25, 0.3) is 0 Å². The molecule has 5 heteroatoms. The number of nitrogens with one attached hydrogen (secondary N) is 1. The summed E-state index contributed by atoms with van der Waals surface area (Å²) < 4.78 is 0. The smallest absolute Gasteiger partial charge is 0.309 e. The zero-order chi connectivity index (χ0) is 9.73. The average Bonchev–Trinajstić information content (AvgIpc) is 2.55. The lowest BCUT2D eigenvalue weighted by molar-refractivity contribution is -0.148. The highest BCUT2D eigenvalue weighted by molar-refractivity contribution is 5.74. The fourth-order valence-corrected chi connectivity index (χ4v) is 1.94. The maximum Gasteiger partial charge on any atom is 0.309 e. The van der Waals surface area contributed by atoms with E-state index in [0.29, 0.717) is 13.0 Å². The van der Waals surface area contributed by atoms with Crippen LogP contribution in [0.2, 0.25) is 0 Å². The minimum atomic E-state index is -0.717. The van der Waals surface area contributed by atoms with Crippen LogP contribution in [0, 0.1) is 10.9 Å². The zero-order valence-corrected chi connectivity index (χ0v) is 7.49. The summed E-state index contributed by atoms with van der Waals surface area (Å²) >= 11 is 0. The van der Waals surface area contributed by atoms with Crippen LogP contribution >= 0.6 is 0 Å². The molecule has 5 nitrogen and oxygen atoms in total. The molecule has 0 aromatic heterocycles. The molecule has 1 rings (SSSR count). The Labute approximate surface area is 76.4 Å². The minimum absolute atomic E-state index is 0.357. The van der Waals surface area contributed by atoms with E-state index >= 15 is 0 Å². The molecule has 0 unspecified atom stereocenters. The van der Waals surface area contributed by atoms with Crippen LogP contribution in [-0.2, 0) is 4.79 Å². The minimum Gasteiger partial charge on any atom is -0.481 e. The van der Waals surface area contributed by atoms with Gasteiger partial charge >= 0.3 is 5.97 Å². The number of nitrogens with zero attached hydrogens (tertiary/aromatic N) is 2. The molecule has 1 aliphatic carbocycles. The van der Waals surface area contributed by atoms with Gasteiger partial charge in [-0.15, -0.1) is 0 Å². The molecule has 72 valence electrons. The topological polar surface area (TPSA) is 87.6 Å². The molecule has 1 saturated carbocycles. The van der Waals surface area contributed by atoms with Crippen molar-refractivity contribution in [2.75, 3.05) is 6.54 Å². The van der Waals surface area contributed by atoms with Crippen LogP contribution in [0.1, 0.15) is 32.1 Å². The summed E-state index contributed by atoms with van der Waals surface area (Å²) in [5.41, 5.74) is 5.88. The standard InChI is InChI=1S/C8H13N3O2/c9-11-10-6-5-8(7(12)13)3-1-2-4-8/h9H,1-6H2/p+1. The summed E-state index contributed by atoms with van der Waals surface area (Å²) in [6.45, 7) is 0.357. The molecule has 0 amide bonds. The van der Waals surface area contributed by atoms with Gasteiger partial charge in [-0.25, -0.2) is 0 Å². The first-order chi connectivity index (χ1) is 6.21. The summed E-state index contributed by atoms with van der Waals surface area (Å²) in [5.74, 6) is -0.717. The zero-order valence-electron chi connectivity index (χ0n) is 7.49. The molecule has 0 aromatic rings. The highest BCUT2D eigenvalue weighted by Crippen LogP contribution is 2.41. The van der Waals surface area contributed by atoms with Crippen LogP contribution in [0.25, 0.3) is 0 Å². The lowest BCUT2D eigenvalue weighted by Gasteiger charge is -2.21. The van der Waals surface area contributed by atoms with Gasteiger partial charge < -0.3 is 5.11 Å². The van der Waals surface area contributed by atoms with E-state index in [1.165, 1.54) is 0 Å². The first kappa shape index (κ1) is 9.86. The Morgan fingerprint density at radius 1 is 1.54 bits per heavy atom. The normalized spacial score (nSPS) is 19.4. The van der Waals surface area contributed by atoms with Crippen molar-refractivity contribution in [3.8, 4) is 0 Å². The number of rotatable bonds is 4. The molecular formula is C8H14N3O2+. The number of carbonyl (C=O) groups is 1. The largest absolute Gasteiger partial charge is 0.481 e. The van der Waals surface area contributed by atoms with Gasteiger partial charge in [-0.2, -0.15) is 0 Å². The molecule has 0 aromatic carbocycles. The van der Waals surface area contributed by atoms with Gasteiger partial charge in [0.05, 0.1) is 5.41 Å². The molecule has 0 spiro atoms. The van der Waals surface area contributed by atoms with Crippen molar-refractivity contribution in [1.82, 2.24) is 4.91 Å². The van der Waals surface area contributed by atoms with Crippen molar-refractivity contribution in [3.05, 3.63) is 0 Å². The van der Waals surface area contributed by atoms with E-state index in [9.17, 15) is 4.79 Å². The molecule has 0 saturated heterocycles. The first-order valence-corrected chi connectivity index (χ1v) is 4.48. The Morgan fingerprint density at radius 3 is 2.62 bits per heavy atom. The number of carboxylic acids is 1. The molecule has 0 bridgehead atoms. The lowest BCUT2D eigenvalue weighted by atomic mass is 9.83. The second kappa shape index (κ2) is 4.14. The van der Waals surface area contributed by atoms with Crippen LogP contribution in [0.15, 0.2) is 5.11 Å².